The van der Waals surface area contributed by atoms with Gasteiger partial charge in [-0.3, -0.25) is 0 Å². The number of nitrogens with zero attached hydrogens (tertiary/aromatic N) is 3. The normalized spacial score (nSPS) is 15.5. The van der Waals surface area contributed by atoms with Gasteiger partial charge in [0, 0.05) is 24.8 Å². The van der Waals surface area contributed by atoms with Crippen molar-refractivity contribution in [3.63, 3.8) is 0 Å². The van der Waals surface area contributed by atoms with Gasteiger partial charge in [0.2, 0.25) is 24.6 Å². The summed E-state index contributed by atoms with van der Waals surface area (Å²) in [6, 6.07) is 14.2. The van der Waals surface area contributed by atoms with E-state index in [0.29, 0.717) is 68.9 Å². The van der Waals surface area contributed by atoms with Crippen LogP contribution in [0.4, 0.5) is 23.5 Å². The van der Waals surface area contributed by atoms with Crippen LogP contribution >= 0.6 is 0 Å². The predicted molar refractivity (Wildman–Crippen MR) is 136 cm³/mol. The second-order valence-electron chi connectivity index (χ2n) is 8.37. The molecule has 1 unspecified atom stereocenters. The highest BCUT2D eigenvalue weighted by atomic mass is 16.7. The molecule has 11 nitrogen and oxygen atoms in total. The van der Waals surface area contributed by atoms with Crippen LogP contribution < -0.4 is 31.2 Å². The average molecular weight is 494 g/mol. The fraction of sp³-hybridized carbons (Fsp3) is 0.400. The van der Waals surface area contributed by atoms with Crippen molar-refractivity contribution in [2.45, 2.75) is 18.9 Å². The van der Waals surface area contributed by atoms with Crippen LogP contribution in [0.25, 0.3) is 0 Å². The van der Waals surface area contributed by atoms with E-state index < -0.39 is 0 Å². The maximum absolute atomic E-state index is 5.59. The number of hydrogen-bond acceptors (Lipinski definition) is 11. The zero-order valence-electron chi connectivity index (χ0n) is 20.0. The van der Waals surface area contributed by atoms with Crippen LogP contribution in [0.3, 0.4) is 0 Å². The van der Waals surface area contributed by atoms with E-state index in [0.717, 1.165) is 18.5 Å². The summed E-state index contributed by atoms with van der Waals surface area (Å²) in [6.45, 7) is 3.31. The molecule has 0 saturated heterocycles. The highest BCUT2D eigenvalue weighted by Gasteiger charge is 2.23. The summed E-state index contributed by atoms with van der Waals surface area (Å²) in [5, 5.41) is 9.97. The maximum atomic E-state index is 5.59. The Bertz CT molecular complexity index is 1160. The molecule has 3 aromatic rings. The predicted octanol–water partition coefficient (Wildman–Crippen LogP) is 2.85. The molecular weight excluding hydrogens is 462 g/mol. The largest absolute Gasteiger partial charge is 0.454 e. The zero-order chi connectivity index (χ0) is 24.6. The van der Waals surface area contributed by atoms with Gasteiger partial charge in [0.05, 0.1) is 32.5 Å². The number of nitrogens with two attached hydrogens (primary N) is 1. The summed E-state index contributed by atoms with van der Waals surface area (Å²) < 4.78 is 21.8. The lowest BCUT2D eigenvalue weighted by molar-refractivity contribution is 0.0547. The van der Waals surface area contributed by atoms with Gasteiger partial charge >= 0.3 is 0 Å². The van der Waals surface area contributed by atoms with E-state index in [2.05, 4.69) is 55.2 Å². The third kappa shape index (κ3) is 6.11. The SMILES string of the molecule is NCCOCCOCCNc1nc(Nc2ccc3c(c2)OCO3)nc(NC2CCc3ccccc32)n1. The second-order valence-corrected chi connectivity index (χ2v) is 8.37. The number of aromatic nitrogens is 3. The summed E-state index contributed by atoms with van der Waals surface area (Å²) in [5.74, 6) is 2.75. The molecule has 11 heteroatoms. The molecular formula is C25H31N7O4. The molecule has 0 fully saturated rings. The van der Waals surface area contributed by atoms with Crippen LogP contribution in [-0.2, 0) is 15.9 Å². The summed E-state index contributed by atoms with van der Waals surface area (Å²) >= 11 is 0. The minimum atomic E-state index is 0.145. The summed E-state index contributed by atoms with van der Waals surface area (Å²) in [6.07, 6.45) is 2.01. The molecule has 0 radical (unpaired) electrons. The number of aryl methyl sites for hydroxylation is 1. The van der Waals surface area contributed by atoms with Gasteiger partial charge in [0.25, 0.3) is 0 Å². The fourth-order valence-corrected chi connectivity index (χ4v) is 4.18. The lowest BCUT2D eigenvalue weighted by Gasteiger charge is -2.16. The first kappa shape index (κ1) is 24.0. The molecule has 1 aromatic heterocycles. The summed E-state index contributed by atoms with van der Waals surface area (Å²) in [7, 11) is 0. The number of rotatable bonds is 13. The molecule has 2 heterocycles. The molecule has 0 bridgehead atoms. The van der Waals surface area contributed by atoms with E-state index in [9.17, 15) is 0 Å². The number of nitrogens with one attached hydrogen (secondary N) is 3. The van der Waals surface area contributed by atoms with Gasteiger partial charge < -0.3 is 40.6 Å². The van der Waals surface area contributed by atoms with Crippen LogP contribution in [0.2, 0.25) is 0 Å². The van der Waals surface area contributed by atoms with Gasteiger partial charge in [0.1, 0.15) is 0 Å². The molecule has 0 amide bonds. The lowest BCUT2D eigenvalue weighted by Crippen LogP contribution is -2.17. The van der Waals surface area contributed by atoms with E-state index in [1.807, 2.05) is 18.2 Å². The van der Waals surface area contributed by atoms with Crippen LogP contribution in [-0.4, -0.2) is 61.3 Å². The lowest BCUT2D eigenvalue weighted by atomic mass is 10.1. The van der Waals surface area contributed by atoms with Gasteiger partial charge in [-0.2, -0.15) is 15.0 Å². The Morgan fingerprint density at radius 1 is 0.889 bits per heavy atom. The van der Waals surface area contributed by atoms with Crippen molar-refractivity contribution >= 4 is 23.5 Å². The average Bonchev–Trinajstić information content (AvgIpc) is 3.52. The molecule has 36 heavy (non-hydrogen) atoms. The van der Waals surface area contributed by atoms with Gasteiger partial charge in [-0.1, -0.05) is 24.3 Å². The van der Waals surface area contributed by atoms with Crippen molar-refractivity contribution in [1.29, 1.82) is 0 Å². The Labute approximate surface area is 209 Å². The van der Waals surface area contributed by atoms with Crippen LogP contribution in [0, 0.1) is 0 Å². The maximum Gasteiger partial charge on any atom is 0.233 e. The van der Waals surface area contributed by atoms with Gasteiger partial charge in [0.15, 0.2) is 11.5 Å². The molecule has 1 aliphatic carbocycles. The zero-order valence-corrected chi connectivity index (χ0v) is 20.0. The van der Waals surface area contributed by atoms with Crippen molar-refractivity contribution in [2.24, 2.45) is 5.73 Å². The molecule has 1 atom stereocenters. The highest BCUT2D eigenvalue weighted by Crippen LogP contribution is 2.35. The van der Waals surface area contributed by atoms with E-state index in [-0.39, 0.29) is 12.8 Å². The topological polar surface area (TPSA) is 138 Å². The second kappa shape index (κ2) is 11.8. The summed E-state index contributed by atoms with van der Waals surface area (Å²) in [4.78, 5) is 13.8. The minimum absolute atomic E-state index is 0.145. The Morgan fingerprint density at radius 3 is 2.61 bits per heavy atom. The van der Waals surface area contributed by atoms with Crippen molar-refractivity contribution in [2.75, 3.05) is 62.3 Å². The van der Waals surface area contributed by atoms with Crippen molar-refractivity contribution in [3.8, 4) is 11.5 Å². The number of benzene rings is 2. The quantitative estimate of drug-likeness (QED) is 0.262. The Kier molecular flexibility index (Phi) is 7.91. The van der Waals surface area contributed by atoms with E-state index >= 15 is 0 Å². The third-order valence-electron chi connectivity index (χ3n) is 5.86. The van der Waals surface area contributed by atoms with E-state index in [1.54, 1.807) is 0 Å². The monoisotopic (exact) mass is 493 g/mol. The standard InChI is InChI=1S/C25H31N7O4/c26-9-11-33-13-14-34-12-10-27-23-30-24(28-18-6-8-21-22(15-18)36-16-35-21)32-25(31-23)29-20-7-5-17-3-1-2-4-19(17)20/h1-4,6,8,15,20H,5,7,9-14,16,26H2,(H3,27,28,29,30,31,32). The molecule has 2 aromatic carbocycles. The number of fused-ring (bicyclic) bond motifs is 2. The first-order valence-corrected chi connectivity index (χ1v) is 12.1. The Morgan fingerprint density at radius 2 is 1.69 bits per heavy atom. The molecule has 0 spiro atoms. The van der Waals surface area contributed by atoms with Gasteiger partial charge in [-0.25, -0.2) is 0 Å². The van der Waals surface area contributed by atoms with Crippen molar-refractivity contribution < 1.29 is 18.9 Å². The van der Waals surface area contributed by atoms with E-state index in [4.69, 9.17) is 24.7 Å². The summed E-state index contributed by atoms with van der Waals surface area (Å²) in [5.41, 5.74) is 8.83. The van der Waals surface area contributed by atoms with E-state index in [1.165, 1.54) is 11.1 Å². The number of ether oxygens (including phenoxy) is 4. The first-order chi connectivity index (χ1) is 17.8. The van der Waals surface area contributed by atoms with Crippen molar-refractivity contribution in [1.82, 2.24) is 15.0 Å². The first-order valence-electron chi connectivity index (χ1n) is 12.1. The van der Waals surface area contributed by atoms with Crippen LogP contribution in [0.5, 0.6) is 11.5 Å². The van der Waals surface area contributed by atoms with Crippen LogP contribution in [0.1, 0.15) is 23.6 Å². The molecule has 2 aliphatic rings. The molecule has 190 valence electrons. The van der Waals surface area contributed by atoms with Gasteiger partial charge in [-0.05, 0) is 36.1 Å². The van der Waals surface area contributed by atoms with Crippen LogP contribution in [0.15, 0.2) is 42.5 Å². The third-order valence-corrected chi connectivity index (χ3v) is 5.86. The Hall–Kier alpha value is -3.67. The highest BCUT2D eigenvalue weighted by molar-refractivity contribution is 5.61. The molecule has 5 rings (SSSR count). The van der Waals surface area contributed by atoms with Gasteiger partial charge in [-0.15, -0.1) is 0 Å². The molecule has 1 aliphatic heterocycles. The molecule has 5 N–H and O–H groups in total. The Balaban J connectivity index is 1.26. The minimum Gasteiger partial charge on any atom is -0.454 e. The smallest absolute Gasteiger partial charge is 0.233 e. The number of hydrogen-bond donors (Lipinski definition) is 4. The molecule has 0 saturated carbocycles. The van der Waals surface area contributed by atoms with Crippen molar-refractivity contribution in [3.05, 3.63) is 53.6 Å². The fourth-order valence-electron chi connectivity index (χ4n) is 4.18. The number of anilines is 4.